The maximum Gasteiger partial charge on any atom is 0.169 e. The van der Waals surface area contributed by atoms with Crippen LogP contribution in [0.4, 0.5) is 4.39 Å². The van der Waals surface area contributed by atoms with Gasteiger partial charge >= 0.3 is 0 Å². The number of likely N-dealkylation sites (tertiary alicyclic amines) is 2. The summed E-state index contributed by atoms with van der Waals surface area (Å²) >= 11 is 0. The van der Waals surface area contributed by atoms with Crippen LogP contribution in [0.15, 0.2) is 18.2 Å². The topological polar surface area (TPSA) is 48.4 Å². The van der Waals surface area contributed by atoms with Gasteiger partial charge in [0.15, 0.2) is 11.6 Å². The smallest absolute Gasteiger partial charge is 0.169 e. The van der Waals surface area contributed by atoms with E-state index in [4.69, 9.17) is 9.47 Å². The molecule has 3 aliphatic heterocycles. The minimum Gasteiger partial charge on any atom is -0.485 e. The van der Waals surface area contributed by atoms with Crippen LogP contribution in [0.2, 0.25) is 0 Å². The van der Waals surface area contributed by atoms with Crippen LogP contribution in [-0.2, 0) is 11.3 Å². The van der Waals surface area contributed by atoms with Gasteiger partial charge in [-0.05, 0) is 56.7 Å². The SMILES string of the molecule is O[C@@H]1C[C@H]2CN(CCN3CCOCC3)C[C@H]2C[C@H]1Oc1cccc(CN2CCCC2)c1F. The van der Waals surface area contributed by atoms with Crippen LogP contribution in [0, 0.1) is 17.7 Å². The first-order valence-corrected chi connectivity index (χ1v) is 12.5. The molecule has 6 nitrogen and oxygen atoms in total. The van der Waals surface area contributed by atoms with Gasteiger partial charge in [-0.15, -0.1) is 0 Å². The first-order chi connectivity index (χ1) is 15.7. The molecular formula is C25H38FN3O3. The van der Waals surface area contributed by atoms with Gasteiger partial charge in [-0.25, -0.2) is 4.39 Å². The standard InChI is InChI=1S/C25H38FN3O3/c26-25-19(16-28-6-1-2-7-28)4-3-5-23(25)32-24-15-21-18-29(17-20(21)14-22(24)30)9-8-27-10-12-31-13-11-27/h3-5,20-22,24,30H,1-2,6-18H2/t20-,21+,22+,24+/m0/s1. The Bertz CT molecular complexity index is 754. The Morgan fingerprint density at radius 2 is 1.66 bits per heavy atom. The molecule has 4 atom stereocenters. The Morgan fingerprint density at radius 1 is 0.938 bits per heavy atom. The van der Waals surface area contributed by atoms with E-state index in [1.54, 1.807) is 6.07 Å². The highest BCUT2D eigenvalue weighted by molar-refractivity contribution is 5.31. The summed E-state index contributed by atoms with van der Waals surface area (Å²) in [7, 11) is 0. The summed E-state index contributed by atoms with van der Waals surface area (Å²) in [5.41, 5.74) is 0.697. The van der Waals surface area contributed by atoms with Crippen LogP contribution in [0.1, 0.15) is 31.2 Å². The van der Waals surface area contributed by atoms with Gasteiger partial charge < -0.3 is 19.5 Å². The molecular weight excluding hydrogens is 409 g/mol. The van der Waals surface area contributed by atoms with E-state index >= 15 is 4.39 Å². The van der Waals surface area contributed by atoms with E-state index in [0.717, 1.165) is 78.4 Å². The first-order valence-electron chi connectivity index (χ1n) is 12.5. The number of benzene rings is 1. The Balaban J connectivity index is 1.16. The van der Waals surface area contributed by atoms with Gasteiger partial charge in [-0.2, -0.15) is 0 Å². The van der Waals surface area contributed by atoms with Crippen molar-refractivity contribution in [2.24, 2.45) is 11.8 Å². The van der Waals surface area contributed by atoms with Crippen molar-refractivity contribution < 1.29 is 19.0 Å². The molecule has 7 heteroatoms. The van der Waals surface area contributed by atoms with E-state index in [9.17, 15) is 5.11 Å². The zero-order chi connectivity index (χ0) is 21.9. The predicted octanol–water partition coefficient (Wildman–Crippen LogP) is 2.20. The van der Waals surface area contributed by atoms with Crippen LogP contribution in [0.25, 0.3) is 0 Å². The molecule has 1 aliphatic carbocycles. The van der Waals surface area contributed by atoms with Crippen LogP contribution in [-0.4, -0.2) is 97.6 Å². The Kier molecular flexibility index (Phi) is 7.29. The fourth-order valence-electron chi connectivity index (χ4n) is 6.02. The number of rotatable bonds is 7. The number of hydrogen-bond acceptors (Lipinski definition) is 6. The lowest BCUT2D eigenvalue weighted by atomic mass is 9.78. The summed E-state index contributed by atoms with van der Waals surface area (Å²) in [6.07, 6.45) is 3.08. The van der Waals surface area contributed by atoms with Crippen molar-refractivity contribution in [2.75, 3.05) is 65.6 Å². The summed E-state index contributed by atoms with van der Waals surface area (Å²) in [6, 6.07) is 5.45. The van der Waals surface area contributed by atoms with Crippen molar-refractivity contribution in [1.82, 2.24) is 14.7 Å². The minimum atomic E-state index is -0.530. The molecule has 4 aliphatic rings. The van der Waals surface area contributed by atoms with Crippen LogP contribution in [0.5, 0.6) is 5.75 Å². The van der Waals surface area contributed by atoms with E-state index in [0.29, 0.717) is 29.7 Å². The molecule has 3 heterocycles. The lowest BCUT2D eigenvalue weighted by Gasteiger charge is -2.35. The van der Waals surface area contributed by atoms with E-state index in [1.165, 1.54) is 12.8 Å². The van der Waals surface area contributed by atoms with Crippen LogP contribution in [0.3, 0.4) is 0 Å². The number of aliphatic hydroxyl groups is 1. The molecule has 5 rings (SSSR count). The van der Waals surface area contributed by atoms with E-state index in [2.05, 4.69) is 14.7 Å². The van der Waals surface area contributed by atoms with Crippen molar-refractivity contribution in [2.45, 2.75) is 44.4 Å². The number of aliphatic hydroxyl groups excluding tert-OH is 1. The molecule has 0 radical (unpaired) electrons. The second kappa shape index (κ2) is 10.3. The number of halogens is 1. The number of ether oxygens (including phenoxy) is 2. The molecule has 0 bridgehead atoms. The fourth-order valence-corrected chi connectivity index (χ4v) is 6.02. The quantitative estimate of drug-likeness (QED) is 0.692. The maximum absolute atomic E-state index is 15.2. The molecule has 32 heavy (non-hydrogen) atoms. The number of hydrogen-bond donors (Lipinski definition) is 1. The van der Waals surface area contributed by atoms with Crippen molar-refractivity contribution in [1.29, 1.82) is 0 Å². The molecule has 0 spiro atoms. The third kappa shape index (κ3) is 5.28. The molecule has 1 aromatic carbocycles. The summed E-state index contributed by atoms with van der Waals surface area (Å²) in [5.74, 6) is 1.07. The molecule has 1 aromatic rings. The summed E-state index contributed by atoms with van der Waals surface area (Å²) < 4.78 is 26.7. The van der Waals surface area contributed by atoms with Crippen molar-refractivity contribution in [3.05, 3.63) is 29.6 Å². The van der Waals surface area contributed by atoms with Crippen LogP contribution < -0.4 is 4.74 Å². The predicted molar refractivity (Wildman–Crippen MR) is 121 cm³/mol. The van der Waals surface area contributed by atoms with Crippen LogP contribution >= 0.6 is 0 Å². The third-order valence-corrected chi connectivity index (χ3v) is 7.91. The zero-order valence-corrected chi connectivity index (χ0v) is 19.1. The Morgan fingerprint density at radius 3 is 2.44 bits per heavy atom. The van der Waals surface area contributed by atoms with Gasteiger partial charge in [-0.3, -0.25) is 9.80 Å². The molecule has 3 saturated heterocycles. The van der Waals surface area contributed by atoms with Crippen molar-refractivity contribution in [3.63, 3.8) is 0 Å². The summed E-state index contributed by atoms with van der Waals surface area (Å²) in [4.78, 5) is 7.31. The minimum absolute atomic E-state index is 0.257. The molecule has 1 N–H and O–H groups in total. The summed E-state index contributed by atoms with van der Waals surface area (Å²) in [5, 5.41) is 10.8. The van der Waals surface area contributed by atoms with E-state index in [-0.39, 0.29) is 11.9 Å². The normalized spacial score (nSPS) is 32.3. The van der Waals surface area contributed by atoms with Gasteiger partial charge in [0.2, 0.25) is 0 Å². The average Bonchev–Trinajstić information content (AvgIpc) is 3.45. The summed E-state index contributed by atoms with van der Waals surface area (Å²) in [6.45, 7) is 10.7. The number of fused-ring (bicyclic) bond motifs is 1. The first kappa shape index (κ1) is 22.5. The van der Waals surface area contributed by atoms with Crippen molar-refractivity contribution in [3.8, 4) is 5.75 Å². The monoisotopic (exact) mass is 447 g/mol. The second-order valence-electron chi connectivity index (χ2n) is 10.1. The average molecular weight is 448 g/mol. The number of nitrogens with zero attached hydrogens (tertiary/aromatic N) is 3. The third-order valence-electron chi connectivity index (χ3n) is 7.91. The molecule has 0 unspecified atom stereocenters. The lowest BCUT2D eigenvalue weighted by molar-refractivity contribution is -0.0247. The maximum atomic E-state index is 15.2. The second-order valence-corrected chi connectivity index (χ2v) is 10.1. The number of morpholine rings is 1. The van der Waals surface area contributed by atoms with Gasteiger partial charge in [0.05, 0.1) is 19.3 Å². The highest BCUT2D eigenvalue weighted by Gasteiger charge is 2.42. The Labute approximate surface area is 191 Å². The largest absolute Gasteiger partial charge is 0.485 e. The molecule has 1 saturated carbocycles. The highest BCUT2D eigenvalue weighted by atomic mass is 19.1. The molecule has 0 amide bonds. The molecule has 0 aromatic heterocycles. The van der Waals surface area contributed by atoms with Crippen molar-refractivity contribution >= 4 is 0 Å². The lowest BCUT2D eigenvalue weighted by Crippen LogP contribution is -2.42. The van der Waals surface area contributed by atoms with E-state index < -0.39 is 6.10 Å². The van der Waals surface area contributed by atoms with Gasteiger partial charge in [0, 0.05) is 51.4 Å². The zero-order valence-electron chi connectivity index (χ0n) is 19.1. The van der Waals surface area contributed by atoms with Gasteiger partial charge in [-0.1, -0.05) is 12.1 Å². The Hall–Kier alpha value is -1.25. The van der Waals surface area contributed by atoms with E-state index in [1.807, 2.05) is 12.1 Å². The fraction of sp³-hybridized carbons (Fsp3) is 0.760. The molecule has 4 fully saturated rings. The van der Waals surface area contributed by atoms with Gasteiger partial charge in [0.25, 0.3) is 0 Å². The van der Waals surface area contributed by atoms with Gasteiger partial charge in [0.1, 0.15) is 6.10 Å². The molecule has 178 valence electrons. The highest BCUT2D eigenvalue weighted by Crippen LogP contribution is 2.38.